The lowest BCUT2D eigenvalue weighted by atomic mass is 10.2. The number of benzene rings is 1. The van der Waals surface area contributed by atoms with Crippen LogP contribution in [0.3, 0.4) is 0 Å². The summed E-state index contributed by atoms with van der Waals surface area (Å²) in [4.78, 5) is 29.1. The van der Waals surface area contributed by atoms with Crippen molar-refractivity contribution in [3.05, 3.63) is 36.7 Å². The van der Waals surface area contributed by atoms with Crippen molar-refractivity contribution >= 4 is 39.3 Å². The van der Waals surface area contributed by atoms with Crippen molar-refractivity contribution in [1.29, 1.82) is 0 Å². The van der Waals surface area contributed by atoms with Gasteiger partial charge in [-0.05, 0) is 37.1 Å². The predicted molar refractivity (Wildman–Crippen MR) is 128 cm³/mol. The minimum atomic E-state index is -3.49. The first-order valence-electron chi connectivity index (χ1n) is 11.3. The molecule has 1 amide bonds. The molecular formula is C22H28N6O3S2. The summed E-state index contributed by atoms with van der Waals surface area (Å²) in [5.41, 5.74) is 0.844. The number of aromatic nitrogens is 2. The van der Waals surface area contributed by atoms with Crippen molar-refractivity contribution in [3.63, 3.8) is 0 Å². The smallest absolute Gasteiger partial charge is 0.243 e. The maximum atomic E-state index is 13.1. The molecule has 3 aliphatic heterocycles. The molecule has 5 rings (SSSR count). The van der Waals surface area contributed by atoms with E-state index in [1.807, 2.05) is 15.9 Å². The molecule has 1 aromatic carbocycles. The molecule has 2 fully saturated rings. The van der Waals surface area contributed by atoms with Crippen LogP contribution in [0.5, 0.6) is 0 Å². The Morgan fingerprint density at radius 3 is 2.42 bits per heavy atom. The van der Waals surface area contributed by atoms with Gasteiger partial charge >= 0.3 is 0 Å². The molecule has 0 saturated carbocycles. The first-order valence-corrected chi connectivity index (χ1v) is 13.8. The van der Waals surface area contributed by atoms with Gasteiger partial charge in [-0.15, -0.1) is 11.8 Å². The standard InChI is InChI=1S/C22H28N6O3S2/c29-21(25-10-12-26(13-11-25)22-23-6-3-7-24-22)17-27-14-15-32-20-5-4-18(16-19(20)27)33(30,31)28-8-1-2-9-28/h3-7,16H,1-2,8-15,17H2. The molecule has 9 nitrogen and oxygen atoms in total. The number of fused-ring (bicyclic) bond motifs is 1. The molecule has 33 heavy (non-hydrogen) atoms. The first kappa shape index (κ1) is 22.4. The second-order valence-corrected chi connectivity index (χ2v) is 11.5. The quantitative estimate of drug-likeness (QED) is 0.626. The zero-order chi connectivity index (χ0) is 22.8. The van der Waals surface area contributed by atoms with E-state index in [2.05, 4.69) is 14.9 Å². The fraction of sp³-hybridized carbons (Fsp3) is 0.500. The minimum Gasteiger partial charge on any atom is -0.360 e. The number of carbonyl (C=O) groups excluding carboxylic acids is 1. The molecule has 0 N–H and O–H groups in total. The lowest BCUT2D eigenvalue weighted by molar-refractivity contribution is -0.130. The Balaban J connectivity index is 1.27. The van der Waals surface area contributed by atoms with Crippen LogP contribution in [0.15, 0.2) is 46.5 Å². The number of nitrogens with zero attached hydrogens (tertiary/aromatic N) is 6. The van der Waals surface area contributed by atoms with Crippen molar-refractivity contribution in [1.82, 2.24) is 19.2 Å². The molecule has 0 radical (unpaired) electrons. The van der Waals surface area contributed by atoms with Crippen molar-refractivity contribution < 1.29 is 13.2 Å². The van der Waals surface area contributed by atoms with E-state index in [-0.39, 0.29) is 12.5 Å². The number of hydrogen-bond donors (Lipinski definition) is 0. The number of carbonyl (C=O) groups is 1. The predicted octanol–water partition coefficient (Wildman–Crippen LogP) is 1.52. The molecule has 0 bridgehead atoms. The van der Waals surface area contributed by atoms with Crippen LogP contribution in [0, 0.1) is 0 Å². The van der Waals surface area contributed by atoms with Crippen LogP contribution in [0.4, 0.5) is 11.6 Å². The van der Waals surface area contributed by atoms with E-state index in [4.69, 9.17) is 0 Å². The van der Waals surface area contributed by atoms with Gasteiger partial charge in [-0.2, -0.15) is 4.31 Å². The molecule has 0 unspecified atom stereocenters. The topological polar surface area (TPSA) is 90.0 Å². The van der Waals surface area contributed by atoms with E-state index in [0.717, 1.165) is 29.2 Å². The van der Waals surface area contributed by atoms with E-state index in [0.29, 0.717) is 56.7 Å². The Labute approximate surface area is 198 Å². The van der Waals surface area contributed by atoms with Crippen LogP contribution in [-0.4, -0.2) is 91.6 Å². The van der Waals surface area contributed by atoms with Gasteiger partial charge in [0, 0.05) is 68.9 Å². The van der Waals surface area contributed by atoms with Gasteiger partial charge in [-0.1, -0.05) is 0 Å². The maximum absolute atomic E-state index is 13.1. The van der Waals surface area contributed by atoms with E-state index in [1.54, 1.807) is 46.7 Å². The maximum Gasteiger partial charge on any atom is 0.243 e. The summed E-state index contributed by atoms with van der Waals surface area (Å²) in [7, 11) is -3.49. The molecule has 11 heteroatoms. The molecular weight excluding hydrogens is 460 g/mol. The molecule has 0 atom stereocenters. The zero-order valence-corrected chi connectivity index (χ0v) is 20.1. The summed E-state index contributed by atoms with van der Waals surface area (Å²) < 4.78 is 27.7. The monoisotopic (exact) mass is 488 g/mol. The summed E-state index contributed by atoms with van der Waals surface area (Å²) in [5.74, 6) is 1.63. The summed E-state index contributed by atoms with van der Waals surface area (Å²) in [5, 5.41) is 0. The number of thioether (sulfide) groups is 1. The highest BCUT2D eigenvalue weighted by Crippen LogP contribution is 2.37. The molecule has 4 heterocycles. The van der Waals surface area contributed by atoms with E-state index in [1.165, 1.54) is 0 Å². The molecule has 176 valence electrons. The highest BCUT2D eigenvalue weighted by atomic mass is 32.2. The largest absolute Gasteiger partial charge is 0.360 e. The van der Waals surface area contributed by atoms with Gasteiger partial charge in [-0.3, -0.25) is 4.79 Å². The lowest BCUT2D eigenvalue weighted by Gasteiger charge is -2.37. The van der Waals surface area contributed by atoms with Gasteiger partial charge in [-0.25, -0.2) is 18.4 Å². The minimum absolute atomic E-state index is 0.0642. The lowest BCUT2D eigenvalue weighted by Crippen LogP contribution is -2.52. The first-order chi connectivity index (χ1) is 16.0. The third kappa shape index (κ3) is 4.67. The van der Waals surface area contributed by atoms with Gasteiger partial charge in [0.05, 0.1) is 17.1 Å². The van der Waals surface area contributed by atoms with Crippen LogP contribution in [0.1, 0.15) is 12.8 Å². The molecule has 0 spiro atoms. The van der Waals surface area contributed by atoms with E-state index in [9.17, 15) is 13.2 Å². The Morgan fingerprint density at radius 1 is 0.970 bits per heavy atom. The van der Waals surface area contributed by atoms with Crippen LogP contribution >= 0.6 is 11.8 Å². The van der Waals surface area contributed by atoms with Crippen LogP contribution in [0.25, 0.3) is 0 Å². The number of sulfonamides is 1. The number of rotatable bonds is 5. The number of amides is 1. The SMILES string of the molecule is O=C(CN1CCSc2ccc(S(=O)(=O)N3CCCC3)cc21)N1CCN(c2ncccn2)CC1. The summed E-state index contributed by atoms with van der Waals surface area (Å²) in [6, 6.07) is 7.14. The Bertz CT molecular complexity index is 1100. The third-order valence-corrected chi connectivity index (χ3v) is 9.32. The summed E-state index contributed by atoms with van der Waals surface area (Å²) >= 11 is 1.71. The van der Waals surface area contributed by atoms with Gasteiger partial charge in [0.2, 0.25) is 21.9 Å². The Kier molecular flexibility index (Phi) is 6.44. The van der Waals surface area contributed by atoms with Gasteiger partial charge < -0.3 is 14.7 Å². The summed E-state index contributed by atoms with van der Waals surface area (Å²) in [6.45, 7) is 4.76. The molecule has 2 aromatic rings. The van der Waals surface area contributed by atoms with Gasteiger partial charge in [0.1, 0.15) is 0 Å². The average Bonchev–Trinajstić information content (AvgIpc) is 3.41. The van der Waals surface area contributed by atoms with Crippen molar-refractivity contribution in [2.45, 2.75) is 22.6 Å². The third-order valence-electron chi connectivity index (χ3n) is 6.39. The van der Waals surface area contributed by atoms with Crippen LogP contribution in [0.2, 0.25) is 0 Å². The summed E-state index contributed by atoms with van der Waals surface area (Å²) in [6.07, 6.45) is 5.27. The Hall–Kier alpha value is -2.37. The molecule has 3 aliphatic rings. The second kappa shape index (κ2) is 9.47. The van der Waals surface area contributed by atoms with Crippen LogP contribution in [-0.2, 0) is 14.8 Å². The zero-order valence-electron chi connectivity index (χ0n) is 18.5. The fourth-order valence-corrected chi connectivity index (χ4v) is 7.10. The molecule has 1 aromatic heterocycles. The van der Waals surface area contributed by atoms with Crippen molar-refractivity contribution in [2.24, 2.45) is 0 Å². The highest BCUT2D eigenvalue weighted by molar-refractivity contribution is 7.99. The highest BCUT2D eigenvalue weighted by Gasteiger charge is 2.30. The molecule has 2 saturated heterocycles. The van der Waals surface area contributed by atoms with E-state index < -0.39 is 10.0 Å². The Morgan fingerprint density at radius 2 is 1.70 bits per heavy atom. The number of anilines is 2. The van der Waals surface area contributed by atoms with Crippen molar-refractivity contribution in [3.8, 4) is 0 Å². The normalized spacial score (nSPS) is 19.6. The van der Waals surface area contributed by atoms with Gasteiger partial charge in [0.15, 0.2) is 0 Å². The van der Waals surface area contributed by atoms with Crippen molar-refractivity contribution in [2.75, 3.05) is 67.9 Å². The number of piperazine rings is 1. The van der Waals surface area contributed by atoms with Gasteiger partial charge in [0.25, 0.3) is 0 Å². The van der Waals surface area contributed by atoms with E-state index >= 15 is 0 Å². The average molecular weight is 489 g/mol. The fourth-order valence-electron chi connectivity index (χ4n) is 4.53. The second-order valence-electron chi connectivity index (χ2n) is 8.43. The van der Waals surface area contributed by atoms with Crippen LogP contribution < -0.4 is 9.80 Å². The molecule has 0 aliphatic carbocycles. The number of hydrogen-bond acceptors (Lipinski definition) is 8.